The van der Waals surface area contributed by atoms with E-state index in [-0.39, 0.29) is 18.9 Å². The number of rotatable bonds is 11. The highest BCUT2D eigenvalue weighted by atomic mass is 32.2. The van der Waals surface area contributed by atoms with Crippen LogP contribution in [0.15, 0.2) is 36.4 Å². The first-order valence-electron chi connectivity index (χ1n) is 9.66. The van der Waals surface area contributed by atoms with E-state index in [2.05, 4.69) is 5.32 Å². The van der Waals surface area contributed by atoms with Gasteiger partial charge < -0.3 is 28.4 Å². The summed E-state index contributed by atoms with van der Waals surface area (Å²) in [7, 11) is 1.54. The zero-order chi connectivity index (χ0) is 22.4. The third-order valence-electron chi connectivity index (χ3n) is 5.00. The molecule has 1 unspecified atom stereocenters. The van der Waals surface area contributed by atoms with Gasteiger partial charge in [-0.05, 0) is 42.7 Å². The van der Waals surface area contributed by atoms with Crippen LogP contribution in [0.4, 0.5) is 5.69 Å². The van der Waals surface area contributed by atoms with Gasteiger partial charge in [-0.1, -0.05) is 18.2 Å². The summed E-state index contributed by atoms with van der Waals surface area (Å²) in [5.74, 6) is 0.810. The van der Waals surface area contributed by atoms with Gasteiger partial charge in [0.1, 0.15) is 0 Å². The lowest BCUT2D eigenvalue weighted by Gasteiger charge is -2.29. The number of nitrogens with one attached hydrogen (secondary N) is 1. The Labute approximate surface area is 182 Å². The quantitative estimate of drug-likeness (QED) is 0.415. The minimum atomic E-state index is -2.65. The Morgan fingerprint density at radius 3 is 2.77 bits per heavy atom. The first kappa shape index (κ1) is 22.7. The lowest BCUT2D eigenvalue weighted by molar-refractivity contribution is -0.105. The summed E-state index contributed by atoms with van der Waals surface area (Å²) in [5, 5.41) is 2.57. The van der Waals surface area contributed by atoms with Gasteiger partial charge in [0.2, 0.25) is 6.41 Å². The van der Waals surface area contributed by atoms with Crippen LogP contribution in [-0.2, 0) is 26.9 Å². The van der Waals surface area contributed by atoms with Gasteiger partial charge in [0.25, 0.3) is 5.91 Å². The van der Waals surface area contributed by atoms with Crippen LogP contribution in [0.25, 0.3) is 0 Å². The van der Waals surface area contributed by atoms with Gasteiger partial charge in [0.05, 0.1) is 49.0 Å². The molecular weight excluding hydrogens is 424 g/mol. The molecule has 0 fully saturated rings. The molecule has 0 aliphatic carbocycles. The largest absolute Gasteiger partial charge is 0.750 e. The predicted molar refractivity (Wildman–Crippen MR) is 112 cm³/mol. The van der Waals surface area contributed by atoms with E-state index in [9.17, 15) is 18.4 Å². The molecule has 0 spiro atoms. The number of fused-ring (bicyclic) bond motifs is 1. The summed E-state index contributed by atoms with van der Waals surface area (Å²) in [6.45, 7) is 2.49. The number of amides is 2. The monoisotopic (exact) mass is 447 g/mol. The number of methoxy groups -OCH3 is 1. The Morgan fingerprint density at radius 1 is 1.29 bits per heavy atom. The van der Waals surface area contributed by atoms with Crippen LogP contribution in [0.2, 0.25) is 0 Å². The van der Waals surface area contributed by atoms with Crippen molar-refractivity contribution in [3.8, 4) is 11.5 Å². The fourth-order valence-electron chi connectivity index (χ4n) is 3.72. The van der Waals surface area contributed by atoms with Gasteiger partial charge in [0.15, 0.2) is 11.5 Å². The fourth-order valence-corrected chi connectivity index (χ4v) is 3.95. The molecule has 0 saturated heterocycles. The molecule has 0 radical (unpaired) electrons. The second kappa shape index (κ2) is 10.4. The van der Waals surface area contributed by atoms with E-state index in [0.717, 1.165) is 11.1 Å². The minimum absolute atomic E-state index is 0.101. The molecule has 1 aliphatic rings. The number of anilines is 1. The maximum atomic E-state index is 13.3. The molecule has 2 aromatic carbocycles. The van der Waals surface area contributed by atoms with Gasteiger partial charge in [-0.3, -0.25) is 9.59 Å². The van der Waals surface area contributed by atoms with E-state index in [0.29, 0.717) is 42.3 Å². The van der Waals surface area contributed by atoms with Crippen LogP contribution in [0.5, 0.6) is 11.5 Å². The maximum absolute atomic E-state index is 13.3. The van der Waals surface area contributed by atoms with Gasteiger partial charge in [-0.25, -0.2) is 4.21 Å². The Hall–Kier alpha value is -2.95. The number of benzene rings is 2. The standard InChI is InChI=1S/C21H24N2O7S/c1-3-29-19-11-14(7-8-18(19)28-2)17(9-10-30-31(26)27)23-12-15-5-4-6-16(22-13-24)20(15)21(23)25/h4-8,11,13,17H,3,9-10,12H2,1-2H3,(H,22,24)(H,26,27)/p-1/t17-/m0/s1. The molecule has 10 heteroatoms. The van der Waals surface area contributed by atoms with Crippen LogP contribution in [0, 0.1) is 0 Å². The number of ether oxygens (including phenoxy) is 2. The first-order chi connectivity index (χ1) is 15.0. The van der Waals surface area contributed by atoms with E-state index in [1.54, 1.807) is 35.2 Å². The van der Waals surface area contributed by atoms with Crippen molar-refractivity contribution in [1.29, 1.82) is 0 Å². The summed E-state index contributed by atoms with van der Waals surface area (Å²) in [4.78, 5) is 25.9. The van der Waals surface area contributed by atoms with Crippen LogP contribution in [0.1, 0.15) is 40.9 Å². The zero-order valence-electron chi connectivity index (χ0n) is 17.2. The number of carbonyl (C=O) groups is 2. The molecule has 2 atom stereocenters. The summed E-state index contributed by atoms with van der Waals surface area (Å²) < 4.78 is 37.4. The molecule has 9 nitrogen and oxygen atoms in total. The third-order valence-corrected chi connectivity index (χ3v) is 5.36. The molecule has 0 saturated carbocycles. The Bertz CT molecular complexity index is 982. The van der Waals surface area contributed by atoms with Crippen molar-refractivity contribution in [1.82, 2.24) is 4.90 Å². The van der Waals surface area contributed by atoms with Gasteiger partial charge >= 0.3 is 0 Å². The maximum Gasteiger partial charge on any atom is 0.257 e. The summed E-state index contributed by atoms with van der Waals surface area (Å²) in [6, 6.07) is 10.1. The normalized spacial score (nSPS) is 14.7. The first-order valence-corrected chi connectivity index (χ1v) is 10.7. The van der Waals surface area contributed by atoms with Crippen molar-refractivity contribution in [2.24, 2.45) is 0 Å². The minimum Gasteiger partial charge on any atom is -0.750 e. The Balaban J connectivity index is 1.97. The van der Waals surface area contributed by atoms with E-state index in [4.69, 9.17) is 13.7 Å². The average Bonchev–Trinajstić information content (AvgIpc) is 3.09. The van der Waals surface area contributed by atoms with Crippen LogP contribution in [-0.4, -0.2) is 46.3 Å². The van der Waals surface area contributed by atoms with Crippen molar-refractivity contribution < 1.29 is 32.0 Å². The number of nitrogens with zero attached hydrogens (tertiary/aromatic N) is 1. The predicted octanol–water partition coefficient (Wildman–Crippen LogP) is 2.56. The number of hydrogen-bond donors (Lipinski definition) is 1. The third kappa shape index (κ3) is 5.04. The van der Waals surface area contributed by atoms with Crippen LogP contribution >= 0.6 is 0 Å². The molecule has 2 aromatic rings. The Morgan fingerprint density at radius 2 is 2.10 bits per heavy atom. The lowest BCUT2D eigenvalue weighted by atomic mass is 10.0. The van der Waals surface area contributed by atoms with Gasteiger partial charge in [-0.2, -0.15) is 0 Å². The molecule has 2 amide bonds. The second-order valence-electron chi connectivity index (χ2n) is 6.71. The molecule has 31 heavy (non-hydrogen) atoms. The van der Waals surface area contributed by atoms with Crippen molar-refractivity contribution >= 4 is 29.4 Å². The summed E-state index contributed by atoms with van der Waals surface area (Å²) in [6.07, 6.45) is 0.764. The smallest absolute Gasteiger partial charge is 0.257 e. The molecule has 1 aliphatic heterocycles. The molecular formula is C21H23N2O7S-. The molecule has 0 bridgehead atoms. The molecule has 0 aromatic heterocycles. The Kier molecular flexibility index (Phi) is 7.61. The van der Waals surface area contributed by atoms with Crippen molar-refractivity contribution in [2.45, 2.75) is 25.9 Å². The highest BCUT2D eigenvalue weighted by Crippen LogP contribution is 2.39. The van der Waals surface area contributed by atoms with E-state index >= 15 is 0 Å². The van der Waals surface area contributed by atoms with Crippen molar-refractivity contribution in [3.05, 3.63) is 53.1 Å². The topological polar surface area (TPSA) is 117 Å². The number of hydrogen-bond acceptors (Lipinski definition) is 7. The molecule has 3 rings (SSSR count). The SMILES string of the molecule is CCOc1cc([C@H](CCOS(=O)[O-])N2Cc3cccc(NC=O)c3C2=O)ccc1OC. The average molecular weight is 447 g/mol. The van der Waals surface area contributed by atoms with Crippen LogP contribution < -0.4 is 14.8 Å². The molecule has 166 valence electrons. The highest BCUT2D eigenvalue weighted by molar-refractivity contribution is 7.74. The summed E-state index contributed by atoms with van der Waals surface area (Å²) >= 11 is -2.65. The highest BCUT2D eigenvalue weighted by Gasteiger charge is 2.35. The second-order valence-corrected chi connectivity index (χ2v) is 7.35. The molecule has 1 N–H and O–H groups in total. The zero-order valence-corrected chi connectivity index (χ0v) is 18.0. The van der Waals surface area contributed by atoms with Crippen molar-refractivity contribution in [2.75, 3.05) is 25.6 Å². The fraction of sp³-hybridized carbons (Fsp3) is 0.333. The van der Waals surface area contributed by atoms with E-state index in [1.165, 1.54) is 7.11 Å². The number of carbonyl (C=O) groups excluding carboxylic acids is 2. The van der Waals surface area contributed by atoms with Gasteiger partial charge in [0, 0.05) is 6.54 Å². The van der Waals surface area contributed by atoms with E-state index in [1.807, 2.05) is 13.0 Å². The van der Waals surface area contributed by atoms with E-state index < -0.39 is 17.4 Å². The summed E-state index contributed by atoms with van der Waals surface area (Å²) in [5.41, 5.74) is 2.37. The van der Waals surface area contributed by atoms with Crippen molar-refractivity contribution in [3.63, 3.8) is 0 Å². The van der Waals surface area contributed by atoms with Gasteiger partial charge in [-0.15, -0.1) is 0 Å². The van der Waals surface area contributed by atoms with Crippen LogP contribution in [0.3, 0.4) is 0 Å². The molecule has 1 heterocycles. The lowest BCUT2D eigenvalue weighted by Crippen LogP contribution is -2.30.